The van der Waals surface area contributed by atoms with Gasteiger partial charge in [0.1, 0.15) is 0 Å². The van der Waals surface area contributed by atoms with Crippen molar-refractivity contribution in [1.29, 1.82) is 0 Å². The summed E-state index contributed by atoms with van der Waals surface area (Å²) < 4.78 is 10.8. The van der Waals surface area contributed by atoms with Crippen LogP contribution in [0.15, 0.2) is 59.7 Å². The Kier molecular flexibility index (Phi) is 3.94. The molecule has 0 amide bonds. The number of methoxy groups -OCH3 is 2. The summed E-state index contributed by atoms with van der Waals surface area (Å²) in [6.45, 7) is 0.769. The molecular formula is C21H18N2O2. The van der Waals surface area contributed by atoms with Gasteiger partial charge < -0.3 is 9.47 Å². The molecule has 0 fully saturated rings. The highest BCUT2D eigenvalue weighted by atomic mass is 16.5. The molecule has 0 saturated heterocycles. The molecule has 0 aliphatic carbocycles. The van der Waals surface area contributed by atoms with E-state index in [1.165, 1.54) is 11.1 Å². The lowest BCUT2D eigenvalue weighted by atomic mass is 9.96. The van der Waals surface area contributed by atoms with Gasteiger partial charge in [-0.05, 0) is 47.0 Å². The van der Waals surface area contributed by atoms with E-state index in [1.807, 2.05) is 36.7 Å². The summed E-state index contributed by atoms with van der Waals surface area (Å²) in [7, 11) is 3.27. The first-order chi connectivity index (χ1) is 12.3. The van der Waals surface area contributed by atoms with Crippen LogP contribution in [0.25, 0.3) is 22.4 Å². The molecule has 0 N–H and O–H groups in total. The van der Waals surface area contributed by atoms with Crippen molar-refractivity contribution >= 4 is 6.21 Å². The molecule has 1 aromatic heterocycles. The molecule has 0 spiro atoms. The number of nitrogens with zero attached hydrogens (tertiary/aromatic N) is 2. The fraction of sp³-hybridized carbons (Fsp3) is 0.143. The molecule has 25 heavy (non-hydrogen) atoms. The van der Waals surface area contributed by atoms with E-state index >= 15 is 0 Å². The third kappa shape index (κ3) is 2.76. The molecule has 1 aliphatic rings. The topological polar surface area (TPSA) is 43.7 Å². The second-order valence-corrected chi connectivity index (χ2v) is 5.85. The third-order valence-corrected chi connectivity index (χ3v) is 4.41. The Hall–Kier alpha value is -3.14. The van der Waals surface area contributed by atoms with Crippen LogP contribution in [0.5, 0.6) is 11.5 Å². The highest BCUT2D eigenvalue weighted by molar-refractivity contribution is 5.89. The number of ether oxygens (including phenoxy) is 2. The quantitative estimate of drug-likeness (QED) is 0.713. The SMILES string of the molecule is COc1ccc(-c2ncccc2-c2ccc3c(c2)C=NC3)cc1OC. The lowest BCUT2D eigenvalue weighted by molar-refractivity contribution is 0.355. The van der Waals surface area contributed by atoms with Gasteiger partial charge in [-0.25, -0.2) is 0 Å². The number of pyridine rings is 1. The largest absolute Gasteiger partial charge is 0.493 e. The van der Waals surface area contributed by atoms with Crippen LogP contribution in [0.2, 0.25) is 0 Å². The van der Waals surface area contributed by atoms with Gasteiger partial charge in [-0.1, -0.05) is 18.2 Å². The minimum Gasteiger partial charge on any atom is -0.493 e. The van der Waals surface area contributed by atoms with Gasteiger partial charge in [-0.2, -0.15) is 0 Å². The lowest BCUT2D eigenvalue weighted by Crippen LogP contribution is -1.94. The maximum absolute atomic E-state index is 5.43. The van der Waals surface area contributed by atoms with Crippen molar-refractivity contribution in [3.05, 3.63) is 65.9 Å². The van der Waals surface area contributed by atoms with E-state index in [2.05, 4.69) is 34.2 Å². The molecule has 0 atom stereocenters. The van der Waals surface area contributed by atoms with Gasteiger partial charge in [-0.15, -0.1) is 0 Å². The van der Waals surface area contributed by atoms with E-state index in [9.17, 15) is 0 Å². The number of aromatic nitrogens is 1. The van der Waals surface area contributed by atoms with E-state index in [0.717, 1.165) is 28.9 Å². The number of benzene rings is 2. The van der Waals surface area contributed by atoms with Crippen molar-refractivity contribution in [3.8, 4) is 33.9 Å². The van der Waals surface area contributed by atoms with Crippen molar-refractivity contribution in [2.24, 2.45) is 4.99 Å². The summed E-state index contributed by atoms with van der Waals surface area (Å²) in [5.41, 5.74) is 6.56. The van der Waals surface area contributed by atoms with Crippen molar-refractivity contribution < 1.29 is 9.47 Å². The van der Waals surface area contributed by atoms with Crippen LogP contribution in [0.4, 0.5) is 0 Å². The van der Waals surface area contributed by atoms with Gasteiger partial charge in [0.2, 0.25) is 0 Å². The van der Waals surface area contributed by atoms with Crippen molar-refractivity contribution in [2.45, 2.75) is 6.54 Å². The number of hydrogen-bond donors (Lipinski definition) is 0. The number of aliphatic imine (C=N–C) groups is 1. The highest BCUT2D eigenvalue weighted by Gasteiger charge is 2.14. The zero-order chi connectivity index (χ0) is 17.2. The monoisotopic (exact) mass is 330 g/mol. The zero-order valence-corrected chi connectivity index (χ0v) is 14.2. The first-order valence-electron chi connectivity index (χ1n) is 8.10. The van der Waals surface area contributed by atoms with E-state index < -0.39 is 0 Å². The molecule has 1 aliphatic heterocycles. The second kappa shape index (κ2) is 6.40. The predicted octanol–water partition coefficient (Wildman–Crippen LogP) is 4.37. The molecule has 2 aromatic carbocycles. The summed E-state index contributed by atoms with van der Waals surface area (Å²) in [5.74, 6) is 1.40. The zero-order valence-electron chi connectivity index (χ0n) is 14.2. The standard InChI is InChI=1S/C21H18N2O2/c1-24-19-8-7-15(11-20(19)25-2)21-18(4-3-9-23-21)14-5-6-16-12-22-13-17(16)10-14/h3-11,13H,12H2,1-2H3. The van der Waals surface area contributed by atoms with Crippen LogP contribution in [-0.2, 0) is 6.54 Å². The predicted molar refractivity (Wildman–Crippen MR) is 99.5 cm³/mol. The van der Waals surface area contributed by atoms with Crippen LogP contribution in [0, 0.1) is 0 Å². The molecule has 4 heteroatoms. The van der Waals surface area contributed by atoms with Gasteiger partial charge in [0.05, 0.1) is 26.5 Å². The van der Waals surface area contributed by atoms with Crippen molar-refractivity contribution in [2.75, 3.05) is 14.2 Å². The molecule has 0 radical (unpaired) electrons. The lowest BCUT2D eigenvalue weighted by Gasteiger charge is -2.13. The Morgan fingerprint density at radius 3 is 2.56 bits per heavy atom. The van der Waals surface area contributed by atoms with Gasteiger partial charge >= 0.3 is 0 Å². The van der Waals surface area contributed by atoms with Crippen molar-refractivity contribution in [3.63, 3.8) is 0 Å². The van der Waals surface area contributed by atoms with Gasteiger partial charge in [0.15, 0.2) is 11.5 Å². The molecule has 0 unspecified atom stereocenters. The summed E-state index contributed by atoms with van der Waals surface area (Å²) in [6.07, 6.45) is 3.75. The fourth-order valence-corrected chi connectivity index (χ4v) is 3.12. The molecule has 0 saturated carbocycles. The number of rotatable bonds is 4. The Morgan fingerprint density at radius 2 is 1.72 bits per heavy atom. The molecule has 2 heterocycles. The number of hydrogen-bond acceptors (Lipinski definition) is 4. The molecule has 124 valence electrons. The molecule has 4 nitrogen and oxygen atoms in total. The van der Waals surface area contributed by atoms with Crippen LogP contribution >= 0.6 is 0 Å². The summed E-state index contributed by atoms with van der Waals surface area (Å²) in [5, 5.41) is 0. The molecule has 0 bridgehead atoms. The average molecular weight is 330 g/mol. The van der Waals surface area contributed by atoms with Gasteiger partial charge in [0.25, 0.3) is 0 Å². The summed E-state index contributed by atoms with van der Waals surface area (Å²) in [6, 6.07) is 16.4. The maximum atomic E-state index is 5.43. The molecular weight excluding hydrogens is 312 g/mol. The third-order valence-electron chi connectivity index (χ3n) is 4.41. The minimum atomic E-state index is 0.692. The fourth-order valence-electron chi connectivity index (χ4n) is 3.12. The van der Waals surface area contributed by atoms with Crippen LogP contribution in [-0.4, -0.2) is 25.4 Å². The Balaban J connectivity index is 1.84. The number of fused-ring (bicyclic) bond motifs is 1. The minimum absolute atomic E-state index is 0.692. The van der Waals surface area contributed by atoms with E-state index in [4.69, 9.17) is 9.47 Å². The highest BCUT2D eigenvalue weighted by Crippen LogP contribution is 2.36. The first kappa shape index (κ1) is 15.4. The Bertz CT molecular complexity index is 964. The normalized spacial score (nSPS) is 12.1. The summed E-state index contributed by atoms with van der Waals surface area (Å²) >= 11 is 0. The first-order valence-corrected chi connectivity index (χ1v) is 8.10. The van der Waals surface area contributed by atoms with E-state index in [0.29, 0.717) is 11.5 Å². The maximum Gasteiger partial charge on any atom is 0.161 e. The average Bonchev–Trinajstić information content (AvgIpc) is 3.15. The molecule has 4 rings (SSSR count). The Morgan fingerprint density at radius 1 is 0.880 bits per heavy atom. The van der Waals surface area contributed by atoms with Gasteiger partial charge in [-0.3, -0.25) is 9.98 Å². The Labute approximate surface area is 146 Å². The van der Waals surface area contributed by atoms with Crippen LogP contribution < -0.4 is 9.47 Å². The second-order valence-electron chi connectivity index (χ2n) is 5.85. The van der Waals surface area contributed by atoms with Crippen LogP contribution in [0.1, 0.15) is 11.1 Å². The molecule has 3 aromatic rings. The van der Waals surface area contributed by atoms with E-state index in [1.54, 1.807) is 14.2 Å². The summed E-state index contributed by atoms with van der Waals surface area (Å²) in [4.78, 5) is 8.96. The van der Waals surface area contributed by atoms with Gasteiger partial charge in [0, 0.05) is 23.5 Å². The smallest absolute Gasteiger partial charge is 0.161 e. The van der Waals surface area contributed by atoms with E-state index in [-0.39, 0.29) is 0 Å². The van der Waals surface area contributed by atoms with Crippen LogP contribution in [0.3, 0.4) is 0 Å². The van der Waals surface area contributed by atoms with Crippen molar-refractivity contribution in [1.82, 2.24) is 4.98 Å².